The van der Waals surface area contributed by atoms with Crippen molar-refractivity contribution in [3.05, 3.63) is 74.9 Å². The van der Waals surface area contributed by atoms with Crippen LogP contribution in [0.4, 0.5) is 10.5 Å². The number of anilines is 1. The number of aryl methyl sites for hydroxylation is 1. The number of nitrogens with one attached hydrogen (secondary N) is 2. The molecule has 4 aromatic rings. The molecule has 2 unspecified atom stereocenters. The molecule has 6 N–H and O–H groups in total. The zero-order valence-electron chi connectivity index (χ0n) is 40.0. The van der Waals surface area contributed by atoms with Gasteiger partial charge in [0.05, 0.1) is 37.7 Å². The fourth-order valence-corrected chi connectivity index (χ4v) is 7.93. The van der Waals surface area contributed by atoms with E-state index >= 15 is 0 Å². The summed E-state index contributed by atoms with van der Waals surface area (Å²) in [5, 5.41) is 6.57. The van der Waals surface area contributed by atoms with E-state index in [1.165, 1.54) is 12.0 Å². The molecule has 356 valence electrons. The van der Waals surface area contributed by atoms with Gasteiger partial charge in [-0.1, -0.05) is 61.5 Å². The summed E-state index contributed by atoms with van der Waals surface area (Å²) >= 11 is 1.55. The van der Waals surface area contributed by atoms with E-state index in [-0.39, 0.29) is 35.6 Å². The summed E-state index contributed by atoms with van der Waals surface area (Å²) < 4.78 is 10.0. The average Bonchev–Trinajstić information content (AvgIpc) is 3.61. The van der Waals surface area contributed by atoms with Crippen molar-refractivity contribution < 1.29 is 33.4 Å². The zero-order valence-corrected chi connectivity index (χ0v) is 40.8. The molecule has 2 aromatic heterocycles. The minimum absolute atomic E-state index is 0.00389. The fraction of sp³-hybridized carbons (Fsp3) is 0.521. The lowest BCUT2D eigenvalue weighted by Crippen LogP contribution is -2.50. The van der Waals surface area contributed by atoms with Gasteiger partial charge in [-0.05, 0) is 74.3 Å². The highest BCUT2D eigenvalue weighted by molar-refractivity contribution is 7.13. The van der Waals surface area contributed by atoms with Crippen molar-refractivity contribution in [2.24, 2.45) is 29.2 Å². The lowest BCUT2D eigenvalue weighted by molar-refractivity contribution is -0.135. The number of nitrogens with zero attached hydrogens (tertiary/aromatic N) is 4. The molecule has 65 heavy (non-hydrogen) atoms. The lowest BCUT2D eigenvalue weighted by Gasteiger charge is -2.33. The van der Waals surface area contributed by atoms with Gasteiger partial charge in [0.2, 0.25) is 17.7 Å². The molecule has 2 aromatic carbocycles. The highest BCUT2D eigenvalue weighted by atomic mass is 32.1. The first kappa shape index (κ1) is 53.4. The second-order valence-corrected chi connectivity index (χ2v) is 17.7. The maximum absolute atomic E-state index is 12.8. The van der Waals surface area contributed by atoms with Gasteiger partial charge in [0.25, 0.3) is 5.91 Å². The second kappa shape index (κ2) is 25.5. The molecule has 17 heteroatoms. The minimum Gasteiger partial charge on any atom is -0.496 e. The van der Waals surface area contributed by atoms with Gasteiger partial charge in [-0.25, -0.2) is 9.78 Å². The number of aromatic amines is 1. The number of piperazine rings is 1. The molecular weight excluding hydrogens is 849 g/mol. The molecule has 5 amide bonds. The molecule has 16 nitrogen and oxygen atoms in total. The van der Waals surface area contributed by atoms with Crippen LogP contribution in [-0.2, 0) is 19.1 Å². The third kappa shape index (κ3) is 15.3. The maximum Gasteiger partial charge on any atom is 0.409 e. The number of likely N-dealkylation sites (tertiary alicyclic amines) is 1. The van der Waals surface area contributed by atoms with Gasteiger partial charge < -0.3 is 45.9 Å². The number of thiazole rings is 1. The Morgan fingerprint density at radius 2 is 1.55 bits per heavy atom. The first-order chi connectivity index (χ1) is 30.9. The normalized spacial score (nSPS) is 17.2. The van der Waals surface area contributed by atoms with Crippen LogP contribution in [0.25, 0.3) is 21.6 Å². The predicted molar refractivity (Wildman–Crippen MR) is 258 cm³/mol. The molecule has 4 heterocycles. The van der Waals surface area contributed by atoms with Crippen LogP contribution in [0.1, 0.15) is 102 Å². The van der Waals surface area contributed by atoms with Crippen LogP contribution >= 0.6 is 11.3 Å². The van der Waals surface area contributed by atoms with Crippen molar-refractivity contribution in [2.75, 3.05) is 58.8 Å². The van der Waals surface area contributed by atoms with Crippen molar-refractivity contribution in [2.45, 2.75) is 93.5 Å². The van der Waals surface area contributed by atoms with Crippen molar-refractivity contribution >= 4 is 57.6 Å². The Labute approximate surface area is 387 Å². The van der Waals surface area contributed by atoms with Crippen LogP contribution in [0.15, 0.2) is 52.6 Å². The lowest BCUT2D eigenvalue weighted by atomic mass is 10.1. The first-order valence-electron chi connectivity index (χ1n) is 22.4. The first-order valence-corrected chi connectivity index (χ1v) is 23.2. The Hall–Kier alpha value is -5.97. The molecule has 0 spiro atoms. The van der Waals surface area contributed by atoms with Gasteiger partial charge >= 0.3 is 6.09 Å². The molecule has 3 aliphatic rings. The molecule has 0 bridgehead atoms. The van der Waals surface area contributed by atoms with E-state index < -0.39 is 18.0 Å². The van der Waals surface area contributed by atoms with Crippen molar-refractivity contribution in [3.63, 3.8) is 0 Å². The molecule has 2 saturated heterocycles. The van der Waals surface area contributed by atoms with E-state index in [0.717, 1.165) is 52.0 Å². The molecular formula is C48H70N8O8S. The second-order valence-electron chi connectivity index (χ2n) is 16.9. The number of carbonyl (C=O) groups is 5. The molecule has 0 radical (unpaired) electrons. The third-order valence-corrected chi connectivity index (χ3v) is 11.6. The number of hydrogen-bond acceptors (Lipinski definition) is 11. The van der Waals surface area contributed by atoms with Gasteiger partial charge in [-0.3, -0.25) is 24.0 Å². The van der Waals surface area contributed by atoms with E-state index in [2.05, 4.69) is 49.9 Å². The number of hydrogen-bond donors (Lipinski definition) is 4. The molecule has 3 atom stereocenters. The number of rotatable bonds is 9. The Morgan fingerprint density at radius 1 is 0.923 bits per heavy atom. The zero-order chi connectivity index (χ0) is 48.5. The molecule has 1 aliphatic carbocycles. The van der Waals surface area contributed by atoms with Gasteiger partial charge in [-0.15, -0.1) is 11.3 Å². The van der Waals surface area contributed by atoms with Crippen LogP contribution in [0.5, 0.6) is 5.75 Å². The Bertz CT molecular complexity index is 2280. The summed E-state index contributed by atoms with van der Waals surface area (Å²) in [6, 6.07) is 11.6. The van der Waals surface area contributed by atoms with Crippen LogP contribution < -0.4 is 26.9 Å². The summed E-state index contributed by atoms with van der Waals surface area (Å²) in [5.41, 5.74) is 15.0. The summed E-state index contributed by atoms with van der Waals surface area (Å²) in [7, 11) is 2.97. The van der Waals surface area contributed by atoms with E-state index in [1.807, 2.05) is 39.1 Å². The van der Waals surface area contributed by atoms with Crippen LogP contribution in [0, 0.1) is 24.7 Å². The molecule has 3 fully saturated rings. The maximum atomic E-state index is 12.8. The number of fused-ring (bicyclic) bond motifs is 1. The average molecular weight is 919 g/mol. The highest BCUT2D eigenvalue weighted by Crippen LogP contribution is 2.37. The summed E-state index contributed by atoms with van der Waals surface area (Å²) in [6.45, 7) is 20.9. The predicted octanol–water partition coefficient (Wildman–Crippen LogP) is 7.01. The largest absolute Gasteiger partial charge is 0.496 e. The molecule has 2 aliphatic heterocycles. The van der Waals surface area contributed by atoms with Gasteiger partial charge in [-0.2, -0.15) is 0 Å². The van der Waals surface area contributed by atoms with Crippen molar-refractivity contribution in [1.29, 1.82) is 0 Å². The number of pyridine rings is 1. The quantitative estimate of drug-likeness (QED) is 0.134. The van der Waals surface area contributed by atoms with E-state index in [4.69, 9.17) is 20.9 Å². The number of methoxy groups -OCH3 is 2. The summed E-state index contributed by atoms with van der Waals surface area (Å²) in [6.07, 6.45) is 1.96. The topological polar surface area (TPSA) is 223 Å². The smallest absolute Gasteiger partial charge is 0.409 e. The van der Waals surface area contributed by atoms with Crippen LogP contribution in [0.3, 0.4) is 0 Å². The molecule has 1 saturated carbocycles. The monoisotopic (exact) mass is 919 g/mol. The Morgan fingerprint density at radius 3 is 2.08 bits per heavy atom. The number of nitrogens with two attached hydrogens (primary N) is 2. The third-order valence-electron chi connectivity index (χ3n) is 10.7. The number of primary amides is 2. The van der Waals surface area contributed by atoms with Gasteiger partial charge in [0, 0.05) is 72.3 Å². The van der Waals surface area contributed by atoms with E-state index in [1.54, 1.807) is 64.6 Å². The van der Waals surface area contributed by atoms with Gasteiger partial charge in [0.1, 0.15) is 16.8 Å². The van der Waals surface area contributed by atoms with E-state index in [9.17, 15) is 28.8 Å². The highest BCUT2D eigenvalue weighted by Gasteiger charge is 2.37. The van der Waals surface area contributed by atoms with Crippen LogP contribution in [-0.4, -0.2) is 114 Å². The Balaban J connectivity index is 0.000000278. The number of aromatic nitrogens is 2. The number of amides is 5. The number of ether oxygens (including phenoxy) is 2. The van der Waals surface area contributed by atoms with E-state index in [0.29, 0.717) is 67.6 Å². The number of carbonyl (C=O) groups excluding carboxylic acids is 5. The Kier molecular flexibility index (Phi) is 20.9. The van der Waals surface area contributed by atoms with Crippen molar-refractivity contribution in [3.8, 4) is 16.5 Å². The number of H-pyrrole nitrogens is 1. The molecule has 7 rings (SSSR count). The van der Waals surface area contributed by atoms with Gasteiger partial charge in [0.15, 0.2) is 5.43 Å². The van der Waals surface area contributed by atoms with Crippen LogP contribution in [0.2, 0.25) is 0 Å². The summed E-state index contributed by atoms with van der Waals surface area (Å²) in [4.78, 5) is 83.6. The summed E-state index contributed by atoms with van der Waals surface area (Å²) in [5.74, 6) is 1.79. The standard InChI is InChI=1S/C20H27N5O5.C17H18N2O2S.C5H9NO.C4H10.C2H6/c1-30-20(29)24-10-8-23(9-11-24)19(28)14-4-2-5-15(12-14)22-13-17(26)25-7-3-6-16(25)18(21)27;1-9(2)13-8-22-17(19-13)12-7-14(20)11-5-6-15(21-4)10(3)16(11)18-12;1-3-2-4(3)5(6)7;1-4(2)3;1-2/h2,4-5,12,16,22H,3,6-11,13H2,1H3,(H2,21,27);5-9H,1-4H3,(H,18,20);3-4H,2H2,1H3,(H2,6,7);4H,1-3H3;1-2H3/t16-;;;;/m0..../s1. The van der Waals surface area contributed by atoms with Crippen molar-refractivity contribution in [1.82, 2.24) is 24.7 Å². The fourth-order valence-electron chi connectivity index (χ4n) is 6.97. The SMILES string of the molecule is CC.CC(C)C.CC1CC1C(N)=O.COC(=O)N1CCN(C(=O)c2cccc(NCC(=O)N3CCC[C@H]3C(N)=O)c2)CC1.COc1ccc2c(=O)cc(-c3nc(C(C)C)cs3)[nH]c2c1C. The number of benzene rings is 2. The minimum atomic E-state index is -0.545.